The smallest absolute Gasteiger partial charge is 0.320 e. The van der Waals surface area contributed by atoms with Crippen LogP contribution in [0.15, 0.2) is 16.8 Å². The molecule has 2 N–H and O–H groups in total. The van der Waals surface area contributed by atoms with Gasteiger partial charge in [-0.3, -0.25) is 14.5 Å². The van der Waals surface area contributed by atoms with E-state index in [4.69, 9.17) is 9.52 Å². The molecule has 3 rings (SSSR count). The number of hydrogen-bond acceptors (Lipinski definition) is 4. The van der Waals surface area contributed by atoms with Crippen molar-refractivity contribution in [3.63, 3.8) is 0 Å². The number of rotatable bonds is 2. The molecule has 0 amide bonds. The number of oxazole rings is 1. The third kappa shape index (κ3) is 1.78. The molecule has 0 saturated carbocycles. The van der Waals surface area contributed by atoms with Crippen LogP contribution in [-0.4, -0.2) is 26.5 Å². The minimum atomic E-state index is -0.799. The topological polar surface area (TPSA) is 79.8 Å². The molecule has 2 aromatic heterocycles. The van der Waals surface area contributed by atoms with Gasteiger partial charge in [-0.1, -0.05) is 0 Å². The Morgan fingerprint density at radius 2 is 2.44 bits per heavy atom. The number of nitrogens with one attached hydrogen (secondary N) is 1. The van der Waals surface area contributed by atoms with E-state index >= 15 is 0 Å². The number of fused-ring (bicyclic) bond motifs is 1. The summed E-state index contributed by atoms with van der Waals surface area (Å²) in [5.74, 6) is 0.515. The second-order valence-corrected chi connectivity index (χ2v) is 4.73. The number of carbonyl (C=O) groups is 1. The molecule has 18 heavy (non-hydrogen) atoms. The lowest BCUT2D eigenvalue weighted by Crippen LogP contribution is -2.42. The first-order valence-corrected chi connectivity index (χ1v) is 6.07. The fraction of sp³-hybridized carbons (Fsp3) is 0.500. The zero-order chi connectivity index (χ0) is 12.7. The molecule has 0 radical (unpaired) electrons. The predicted octanol–water partition coefficient (Wildman–Crippen LogP) is 1.50. The second-order valence-electron chi connectivity index (χ2n) is 4.73. The molecule has 0 spiro atoms. The minimum Gasteiger partial charge on any atom is -0.480 e. The van der Waals surface area contributed by atoms with Gasteiger partial charge < -0.3 is 9.52 Å². The van der Waals surface area contributed by atoms with Crippen molar-refractivity contribution in [2.24, 2.45) is 0 Å². The molecule has 0 aromatic carbocycles. The number of hydrogen-bond donors (Lipinski definition) is 2. The largest absolute Gasteiger partial charge is 0.480 e. The third-order valence-electron chi connectivity index (χ3n) is 3.44. The van der Waals surface area contributed by atoms with Crippen LogP contribution in [0.2, 0.25) is 0 Å². The van der Waals surface area contributed by atoms with Gasteiger partial charge in [-0.2, -0.15) is 0 Å². The highest BCUT2D eigenvalue weighted by Crippen LogP contribution is 2.27. The summed E-state index contributed by atoms with van der Waals surface area (Å²) in [6, 6.07) is -0.525. The molecule has 1 aliphatic rings. The van der Waals surface area contributed by atoms with Gasteiger partial charge in [0.2, 0.25) is 0 Å². The number of imidazole rings is 1. The normalized spacial score (nSPS) is 24.5. The van der Waals surface area contributed by atoms with E-state index in [-0.39, 0.29) is 6.04 Å². The summed E-state index contributed by atoms with van der Waals surface area (Å²) in [6.45, 7) is 1.95. The van der Waals surface area contributed by atoms with Gasteiger partial charge in [-0.05, 0) is 26.2 Å². The Kier molecular flexibility index (Phi) is 2.59. The molecule has 1 aliphatic heterocycles. The Labute approximate surface area is 104 Å². The molecule has 2 unspecified atom stereocenters. The van der Waals surface area contributed by atoms with E-state index < -0.39 is 12.0 Å². The van der Waals surface area contributed by atoms with Gasteiger partial charge in [0.15, 0.2) is 0 Å². The van der Waals surface area contributed by atoms with Crippen LogP contribution < -0.4 is 5.32 Å². The van der Waals surface area contributed by atoms with Crippen molar-refractivity contribution in [2.45, 2.75) is 38.3 Å². The SMILES string of the molecule is Cc1cnc2oc(C3CCCC(C(=O)O)N3)cn12. The van der Waals surface area contributed by atoms with E-state index in [0.717, 1.165) is 24.3 Å². The van der Waals surface area contributed by atoms with Crippen molar-refractivity contribution in [1.29, 1.82) is 0 Å². The lowest BCUT2D eigenvalue weighted by atomic mass is 9.97. The first-order chi connectivity index (χ1) is 8.65. The molecule has 2 aromatic rings. The Morgan fingerprint density at radius 1 is 1.61 bits per heavy atom. The molecular formula is C12H15N3O3. The molecule has 3 heterocycles. The summed E-state index contributed by atoms with van der Waals surface area (Å²) in [5.41, 5.74) is 1.01. The molecular weight excluding hydrogens is 234 g/mol. The minimum absolute atomic E-state index is 0.0408. The molecule has 6 nitrogen and oxygen atoms in total. The van der Waals surface area contributed by atoms with Crippen molar-refractivity contribution >= 4 is 11.8 Å². The van der Waals surface area contributed by atoms with Crippen LogP contribution >= 0.6 is 0 Å². The van der Waals surface area contributed by atoms with Crippen molar-refractivity contribution in [3.8, 4) is 0 Å². The standard InChI is InChI=1S/C12H15N3O3/c1-7-5-13-12-15(7)6-10(18-12)8-3-2-4-9(14-8)11(16)17/h5-6,8-9,14H,2-4H2,1H3,(H,16,17). The maximum Gasteiger partial charge on any atom is 0.320 e. The highest BCUT2D eigenvalue weighted by molar-refractivity contribution is 5.73. The second kappa shape index (κ2) is 4.13. The summed E-state index contributed by atoms with van der Waals surface area (Å²) in [4.78, 5) is 15.1. The van der Waals surface area contributed by atoms with Crippen molar-refractivity contribution in [1.82, 2.24) is 14.7 Å². The highest BCUT2D eigenvalue weighted by Gasteiger charge is 2.29. The van der Waals surface area contributed by atoms with Crippen molar-refractivity contribution < 1.29 is 14.3 Å². The molecule has 0 aliphatic carbocycles. The van der Waals surface area contributed by atoms with Crippen LogP contribution in [0.1, 0.15) is 36.8 Å². The summed E-state index contributed by atoms with van der Waals surface area (Å²) < 4.78 is 7.53. The predicted molar refractivity (Wildman–Crippen MR) is 63.3 cm³/mol. The lowest BCUT2D eigenvalue weighted by molar-refractivity contribution is -0.140. The quantitative estimate of drug-likeness (QED) is 0.843. The van der Waals surface area contributed by atoms with Crippen molar-refractivity contribution in [3.05, 3.63) is 23.8 Å². The van der Waals surface area contributed by atoms with Crippen LogP contribution in [0, 0.1) is 6.92 Å². The Morgan fingerprint density at radius 3 is 3.17 bits per heavy atom. The average molecular weight is 249 g/mol. The number of piperidine rings is 1. The zero-order valence-corrected chi connectivity index (χ0v) is 10.1. The van der Waals surface area contributed by atoms with Gasteiger partial charge in [0.25, 0.3) is 0 Å². The third-order valence-corrected chi connectivity index (χ3v) is 3.44. The number of aromatic nitrogens is 2. The maximum atomic E-state index is 11.0. The molecule has 96 valence electrons. The highest BCUT2D eigenvalue weighted by atomic mass is 16.4. The van der Waals surface area contributed by atoms with Crippen LogP contribution in [0.5, 0.6) is 0 Å². The van der Waals surface area contributed by atoms with E-state index in [9.17, 15) is 4.79 Å². The summed E-state index contributed by atoms with van der Waals surface area (Å²) >= 11 is 0. The zero-order valence-electron chi connectivity index (χ0n) is 10.1. The van der Waals surface area contributed by atoms with Crippen molar-refractivity contribution in [2.75, 3.05) is 0 Å². The van der Waals surface area contributed by atoms with Gasteiger partial charge in [0.1, 0.15) is 11.8 Å². The first kappa shape index (κ1) is 11.3. The van der Waals surface area contributed by atoms with Crippen LogP contribution in [0.4, 0.5) is 0 Å². The Balaban J connectivity index is 1.87. The number of aliphatic carboxylic acids is 1. The number of carboxylic acid groups (broad SMARTS) is 1. The fourth-order valence-corrected chi connectivity index (χ4v) is 2.43. The van der Waals surface area contributed by atoms with Crippen LogP contribution in [-0.2, 0) is 4.79 Å². The Hall–Kier alpha value is -1.82. The summed E-state index contributed by atoms with van der Waals surface area (Å²) in [7, 11) is 0. The maximum absolute atomic E-state index is 11.0. The molecule has 6 heteroatoms. The molecule has 1 saturated heterocycles. The van der Waals surface area contributed by atoms with E-state index in [2.05, 4.69) is 10.3 Å². The summed E-state index contributed by atoms with van der Waals surface area (Å²) in [5, 5.41) is 12.1. The first-order valence-electron chi connectivity index (χ1n) is 6.07. The van der Waals surface area contributed by atoms with E-state index in [1.807, 2.05) is 17.5 Å². The van der Waals surface area contributed by atoms with Gasteiger partial charge >= 0.3 is 11.8 Å². The van der Waals surface area contributed by atoms with E-state index in [0.29, 0.717) is 12.3 Å². The Bertz CT molecular complexity index is 586. The molecule has 1 fully saturated rings. The van der Waals surface area contributed by atoms with Gasteiger partial charge in [-0.15, -0.1) is 0 Å². The number of carboxylic acids is 1. The fourth-order valence-electron chi connectivity index (χ4n) is 2.43. The van der Waals surface area contributed by atoms with E-state index in [1.54, 1.807) is 6.20 Å². The van der Waals surface area contributed by atoms with Crippen LogP contribution in [0.25, 0.3) is 5.84 Å². The monoisotopic (exact) mass is 249 g/mol. The summed E-state index contributed by atoms with van der Waals surface area (Å²) in [6.07, 6.45) is 6.08. The van der Waals surface area contributed by atoms with Crippen LogP contribution in [0.3, 0.4) is 0 Å². The van der Waals surface area contributed by atoms with E-state index in [1.165, 1.54) is 0 Å². The lowest BCUT2D eigenvalue weighted by Gasteiger charge is -2.26. The molecule has 0 bridgehead atoms. The van der Waals surface area contributed by atoms with Gasteiger partial charge in [0.05, 0.1) is 18.4 Å². The average Bonchev–Trinajstić information content (AvgIpc) is 2.92. The molecule has 2 atom stereocenters. The van der Waals surface area contributed by atoms with Gasteiger partial charge in [-0.25, -0.2) is 4.98 Å². The number of aryl methyl sites for hydroxylation is 1. The van der Waals surface area contributed by atoms with Gasteiger partial charge in [0, 0.05) is 5.69 Å². The number of nitrogens with zero attached hydrogens (tertiary/aromatic N) is 2.